The molecule has 0 fully saturated rings. The van der Waals surface area contributed by atoms with Crippen LogP contribution in [0.1, 0.15) is 10.4 Å². The molecule has 0 amide bonds. The van der Waals surface area contributed by atoms with Crippen molar-refractivity contribution in [2.45, 2.75) is 0 Å². The van der Waals surface area contributed by atoms with Crippen LogP contribution in [-0.4, -0.2) is 19.3 Å². The molecule has 0 atom stereocenters. The molecule has 5 heteroatoms. The normalized spacial score (nSPS) is 9.62. The largest absolute Gasteiger partial charge is 0.298 e. The topological polar surface area (TPSA) is 71.4 Å². The number of fused-ring (bicyclic) bond motifs is 1. The summed E-state index contributed by atoms with van der Waals surface area (Å²) in [6.45, 7) is 0. The van der Waals surface area contributed by atoms with Gasteiger partial charge in [0.2, 0.25) is 0 Å². The molecular formula is C11H10O4S. The number of carbonyl (C=O) groups excluding carboxylic acids is 1. The summed E-state index contributed by atoms with van der Waals surface area (Å²) in [7, 11) is -3.12. The number of hydrogen-bond donors (Lipinski definition) is 2. The highest BCUT2D eigenvalue weighted by Gasteiger charge is 1.96. The smallest absolute Gasteiger partial charge is 0.254 e. The van der Waals surface area contributed by atoms with E-state index in [1.54, 1.807) is 0 Å². The van der Waals surface area contributed by atoms with Crippen molar-refractivity contribution in [2.75, 3.05) is 0 Å². The molecule has 0 unspecified atom stereocenters. The molecule has 2 aromatic rings. The maximum Gasteiger partial charge on any atom is 0.254 e. The van der Waals surface area contributed by atoms with Crippen molar-refractivity contribution in [1.82, 2.24) is 0 Å². The minimum absolute atomic E-state index is 0.758. The summed E-state index contributed by atoms with van der Waals surface area (Å²) in [6.07, 6.45) is 0.891. The molecule has 84 valence electrons. The predicted octanol–water partition coefficient (Wildman–Crippen LogP) is 1.72. The number of hydrogen-bond acceptors (Lipinski definition) is 3. The van der Waals surface area contributed by atoms with Gasteiger partial charge in [-0.15, -0.1) is 0 Å². The molecular weight excluding hydrogens is 228 g/mol. The van der Waals surface area contributed by atoms with Gasteiger partial charge in [-0.2, -0.15) is 0 Å². The fraction of sp³-hybridized carbons (Fsp3) is 0. The van der Waals surface area contributed by atoms with Crippen molar-refractivity contribution < 1.29 is 17.8 Å². The number of carbonyl (C=O) groups is 1. The van der Waals surface area contributed by atoms with E-state index in [4.69, 9.17) is 13.0 Å². The van der Waals surface area contributed by atoms with Crippen LogP contribution in [-0.2, 0) is 11.0 Å². The van der Waals surface area contributed by atoms with Crippen LogP contribution in [0.2, 0.25) is 0 Å². The van der Waals surface area contributed by atoms with Crippen LogP contribution in [0.25, 0.3) is 10.8 Å². The van der Waals surface area contributed by atoms with E-state index in [1.807, 2.05) is 42.5 Å². The van der Waals surface area contributed by atoms with E-state index in [0.29, 0.717) is 0 Å². The van der Waals surface area contributed by atoms with Gasteiger partial charge in [0.25, 0.3) is 11.0 Å². The third-order valence-electron chi connectivity index (χ3n) is 1.95. The van der Waals surface area contributed by atoms with Gasteiger partial charge >= 0.3 is 0 Å². The van der Waals surface area contributed by atoms with Gasteiger partial charge in [-0.25, -0.2) is 8.42 Å². The summed E-state index contributed by atoms with van der Waals surface area (Å²) in [6, 6.07) is 13.6. The van der Waals surface area contributed by atoms with Crippen LogP contribution in [0.3, 0.4) is 0 Å². The van der Waals surface area contributed by atoms with Gasteiger partial charge in [0, 0.05) is 5.56 Å². The molecule has 0 aliphatic heterocycles. The Morgan fingerprint density at radius 1 is 1.00 bits per heavy atom. The molecule has 0 spiro atoms. The number of thiol groups is 1. The summed E-state index contributed by atoms with van der Waals surface area (Å²) in [4.78, 5) is 10.6. The zero-order valence-electron chi connectivity index (χ0n) is 8.24. The van der Waals surface area contributed by atoms with Gasteiger partial charge in [-0.05, 0) is 10.8 Å². The predicted molar refractivity (Wildman–Crippen MR) is 62.3 cm³/mol. The third kappa shape index (κ3) is 3.45. The lowest BCUT2D eigenvalue weighted by molar-refractivity contribution is 0.112. The standard InChI is InChI=1S/C11H8O.H2O3S/c12-8-10-6-3-5-9-4-1-2-7-11(9)10;1-4(2)3/h1-8H;4H,(H,1,2,3). The molecule has 2 aromatic carbocycles. The maximum atomic E-state index is 10.6. The SMILES string of the molecule is O=Cc1cccc2ccccc12.O=[SH](=O)O. The first kappa shape index (κ1) is 12.4. The molecule has 0 bridgehead atoms. The minimum atomic E-state index is -3.12. The maximum absolute atomic E-state index is 10.6. The minimum Gasteiger partial charge on any atom is -0.298 e. The highest BCUT2D eigenvalue weighted by molar-refractivity contribution is 7.66. The second-order valence-corrected chi connectivity index (χ2v) is 3.40. The first-order chi connectivity index (χ1) is 7.65. The van der Waals surface area contributed by atoms with E-state index in [1.165, 1.54) is 0 Å². The Balaban J connectivity index is 0.000000280. The molecule has 4 nitrogen and oxygen atoms in total. The van der Waals surface area contributed by atoms with E-state index in [-0.39, 0.29) is 0 Å². The second kappa shape index (κ2) is 5.99. The first-order valence-corrected chi connectivity index (χ1v) is 5.54. The lowest BCUT2D eigenvalue weighted by Gasteiger charge is -1.98. The van der Waals surface area contributed by atoms with Gasteiger partial charge < -0.3 is 0 Å². The summed E-state index contributed by atoms with van der Waals surface area (Å²) in [5, 5.41) is 2.14. The Bertz CT molecular complexity index is 547. The summed E-state index contributed by atoms with van der Waals surface area (Å²) in [5.74, 6) is 0. The van der Waals surface area contributed by atoms with Crippen LogP contribution in [0.15, 0.2) is 42.5 Å². The lowest BCUT2D eigenvalue weighted by atomic mass is 10.1. The average Bonchev–Trinajstić information content (AvgIpc) is 2.27. The second-order valence-electron chi connectivity index (χ2n) is 2.92. The van der Waals surface area contributed by atoms with Crippen molar-refractivity contribution in [3.05, 3.63) is 48.0 Å². The van der Waals surface area contributed by atoms with Crippen LogP contribution < -0.4 is 0 Å². The number of benzene rings is 2. The van der Waals surface area contributed by atoms with E-state index < -0.39 is 11.0 Å². The molecule has 0 aliphatic rings. The Labute approximate surface area is 94.3 Å². The summed E-state index contributed by atoms with van der Waals surface area (Å²) in [5.41, 5.74) is 0.758. The molecule has 0 radical (unpaired) electrons. The Hall–Kier alpha value is -1.72. The van der Waals surface area contributed by atoms with Crippen molar-refractivity contribution in [2.24, 2.45) is 0 Å². The molecule has 16 heavy (non-hydrogen) atoms. The van der Waals surface area contributed by atoms with Crippen LogP contribution in [0.5, 0.6) is 0 Å². The highest BCUT2D eigenvalue weighted by atomic mass is 32.2. The Morgan fingerprint density at radius 2 is 1.56 bits per heavy atom. The number of rotatable bonds is 1. The van der Waals surface area contributed by atoms with Crippen LogP contribution in [0.4, 0.5) is 0 Å². The zero-order chi connectivity index (χ0) is 12.0. The fourth-order valence-electron chi connectivity index (χ4n) is 1.35. The Morgan fingerprint density at radius 3 is 2.19 bits per heavy atom. The van der Waals surface area contributed by atoms with Gasteiger partial charge in [0.15, 0.2) is 6.29 Å². The molecule has 0 aliphatic carbocycles. The molecule has 0 saturated heterocycles. The van der Waals surface area contributed by atoms with Gasteiger partial charge in [0.05, 0.1) is 0 Å². The molecule has 1 N–H and O–H groups in total. The van der Waals surface area contributed by atoms with Crippen molar-refractivity contribution in [3.8, 4) is 0 Å². The number of aldehydes is 1. The first-order valence-electron chi connectivity index (χ1n) is 4.41. The molecule has 0 saturated carbocycles. The van der Waals surface area contributed by atoms with Gasteiger partial charge in [0.1, 0.15) is 0 Å². The van der Waals surface area contributed by atoms with E-state index >= 15 is 0 Å². The quantitative estimate of drug-likeness (QED) is 0.451. The van der Waals surface area contributed by atoms with Crippen LogP contribution >= 0.6 is 0 Å². The van der Waals surface area contributed by atoms with Gasteiger partial charge in [-0.1, -0.05) is 42.5 Å². The lowest BCUT2D eigenvalue weighted by Crippen LogP contribution is -1.81. The van der Waals surface area contributed by atoms with E-state index in [0.717, 1.165) is 22.6 Å². The summed E-state index contributed by atoms with van der Waals surface area (Å²) < 4.78 is 24.2. The highest BCUT2D eigenvalue weighted by Crippen LogP contribution is 2.16. The third-order valence-corrected chi connectivity index (χ3v) is 1.95. The van der Waals surface area contributed by atoms with Gasteiger partial charge in [-0.3, -0.25) is 9.35 Å². The van der Waals surface area contributed by atoms with Crippen molar-refractivity contribution in [3.63, 3.8) is 0 Å². The zero-order valence-corrected chi connectivity index (χ0v) is 9.13. The van der Waals surface area contributed by atoms with Crippen LogP contribution in [0, 0.1) is 0 Å². The molecule has 2 rings (SSSR count). The average molecular weight is 238 g/mol. The fourth-order valence-corrected chi connectivity index (χ4v) is 1.35. The van der Waals surface area contributed by atoms with Crippen molar-refractivity contribution in [1.29, 1.82) is 0 Å². The molecule has 0 heterocycles. The summed E-state index contributed by atoms with van der Waals surface area (Å²) >= 11 is 0. The molecule has 0 aromatic heterocycles. The Kier molecular flexibility index (Phi) is 4.63. The van der Waals surface area contributed by atoms with E-state index in [9.17, 15) is 4.79 Å². The van der Waals surface area contributed by atoms with Crippen molar-refractivity contribution >= 4 is 28.0 Å². The van der Waals surface area contributed by atoms with E-state index in [2.05, 4.69) is 0 Å². The monoisotopic (exact) mass is 238 g/mol.